The summed E-state index contributed by atoms with van der Waals surface area (Å²) in [6, 6.07) is 14.9. The number of carbonyl (C=O) groups is 1. The number of hydrogen-bond acceptors (Lipinski definition) is 3. The summed E-state index contributed by atoms with van der Waals surface area (Å²) in [5, 5.41) is 13.2. The molecule has 0 saturated carbocycles. The van der Waals surface area contributed by atoms with Gasteiger partial charge in [0.25, 0.3) is 0 Å². The maximum atomic E-state index is 10.9. The van der Waals surface area contributed by atoms with E-state index in [4.69, 9.17) is 4.74 Å². The second kappa shape index (κ2) is 7.62. The lowest BCUT2D eigenvalue weighted by Crippen LogP contribution is -2.29. The number of nitrogens with one attached hydrogen (secondary N) is 1. The van der Waals surface area contributed by atoms with Gasteiger partial charge in [0.05, 0.1) is 5.60 Å². The molecule has 0 aliphatic rings. The monoisotopic (exact) mass is 377 g/mol. The molecule has 2 N–H and O–H groups in total. The van der Waals surface area contributed by atoms with E-state index in [0.29, 0.717) is 18.7 Å². The number of benzene rings is 2. The first kappa shape index (κ1) is 17.5. The molecule has 0 aliphatic carbocycles. The number of ether oxygens (including phenoxy) is 1. The molecule has 0 heterocycles. The van der Waals surface area contributed by atoms with Crippen LogP contribution in [-0.2, 0) is 10.4 Å². The minimum Gasteiger partial charge on any atom is -0.457 e. The van der Waals surface area contributed by atoms with Gasteiger partial charge in [-0.05, 0) is 55.3 Å². The average molecular weight is 378 g/mol. The van der Waals surface area contributed by atoms with Crippen molar-refractivity contribution in [3.8, 4) is 11.5 Å². The van der Waals surface area contributed by atoms with Gasteiger partial charge >= 0.3 is 0 Å². The Morgan fingerprint density at radius 2 is 1.65 bits per heavy atom. The van der Waals surface area contributed by atoms with E-state index in [2.05, 4.69) is 21.2 Å². The summed E-state index contributed by atoms with van der Waals surface area (Å²) in [6.45, 7) is 3.63. The number of amides is 1. The standard InChI is InChI=1S/C18H20BrNO3/c1-13(21)20-12-11-18(2,22)14-3-7-16(8-4-14)23-17-9-5-15(19)6-10-17/h3-10,22H,11-12H2,1-2H3,(H,20,21). The summed E-state index contributed by atoms with van der Waals surface area (Å²) in [4.78, 5) is 10.9. The first-order valence-corrected chi connectivity index (χ1v) is 8.17. The molecule has 0 spiro atoms. The van der Waals surface area contributed by atoms with Crippen molar-refractivity contribution in [1.82, 2.24) is 5.32 Å². The van der Waals surface area contributed by atoms with Gasteiger partial charge < -0.3 is 15.2 Å². The summed E-state index contributed by atoms with van der Waals surface area (Å²) in [5.74, 6) is 1.35. The van der Waals surface area contributed by atoms with Crippen LogP contribution in [0.4, 0.5) is 0 Å². The molecule has 0 saturated heterocycles. The fourth-order valence-electron chi connectivity index (χ4n) is 2.15. The van der Waals surface area contributed by atoms with Gasteiger partial charge in [-0.3, -0.25) is 4.79 Å². The molecule has 5 heteroatoms. The lowest BCUT2D eigenvalue weighted by Gasteiger charge is -2.24. The molecule has 1 amide bonds. The van der Waals surface area contributed by atoms with Crippen molar-refractivity contribution < 1.29 is 14.6 Å². The van der Waals surface area contributed by atoms with Crippen molar-refractivity contribution >= 4 is 21.8 Å². The molecule has 4 nitrogen and oxygen atoms in total. The van der Waals surface area contributed by atoms with Gasteiger partial charge in [-0.2, -0.15) is 0 Å². The van der Waals surface area contributed by atoms with Crippen LogP contribution in [0.1, 0.15) is 25.8 Å². The van der Waals surface area contributed by atoms with Crippen molar-refractivity contribution in [3.05, 3.63) is 58.6 Å². The molecule has 1 atom stereocenters. The highest BCUT2D eigenvalue weighted by Gasteiger charge is 2.22. The van der Waals surface area contributed by atoms with Crippen LogP contribution in [0.3, 0.4) is 0 Å². The molecule has 2 aromatic carbocycles. The number of carbonyl (C=O) groups excluding carboxylic acids is 1. The number of hydrogen-bond donors (Lipinski definition) is 2. The largest absolute Gasteiger partial charge is 0.457 e. The quantitative estimate of drug-likeness (QED) is 0.800. The lowest BCUT2D eigenvalue weighted by atomic mass is 9.92. The van der Waals surface area contributed by atoms with E-state index < -0.39 is 5.60 Å². The Morgan fingerprint density at radius 1 is 1.13 bits per heavy atom. The van der Waals surface area contributed by atoms with Gasteiger partial charge in [-0.25, -0.2) is 0 Å². The average Bonchev–Trinajstić information content (AvgIpc) is 2.49. The molecule has 1 unspecified atom stereocenters. The van der Waals surface area contributed by atoms with E-state index in [9.17, 15) is 9.90 Å². The van der Waals surface area contributed by atoms with Crippen LogP contribution in [0.5, 0.6) is 11.5 Å². The van der Waals surface area contributed by atoms with E-state index >= 15 is 0 Å². The Labute approximate surface area is 144 Å². The summed E-state index contributed by atoms with van der Waals surface area (Å²) in [6.07, 6.45) is 0.444. The predicted octanol–water partition coefficient (Wildman–Crippen LogP) is 3.98. The molecule has 0 aliphatic heterocycles. The van der Waals surface area contributed by atoms with Crippen LogP contribution >= 0.6 is 15.9 Å². The first-order valence-electron chi connectivity index (χ1n) is 7.37. The molecule has 122 valence electrons. The third-order valence-electron chi connectivity index (χ3n) is 3.51. The highest BCUT2D eigenvalue weighted by molar-refractivity contribution is 9.10. The van der Waals surface area contributed by atoms with Gasteiger partial charge in [-0.1, -0.05) is 28.1 Å². The Kier molecular flexibility index (Phi) is 5.80. The second-order valence-electron chi connectivity index (χ2n) is 5.59. The van der Waals surface area contributed by atoms with Gasteiger partial charge in [-0.15, -0.1) is 0 Å². The first-order chi connectivity index (χ1) is 10.9. The van der Waals surface area contributed by atoms with Crippen molar-refractivity contribution in [2.75, 3.05) is 6.54 Å². The smallest absolute Gasteiger partial charge is 0.216 e. The van der Waals surface area contributed by atoms with Gasteiger partial charge in [0.15, 0.2) is 0 Å². The molecule has 0 fully saturated rings. The predicted molar refractivity (Wildman–Crippen MR) is 93.5 cm³/mol. The van der Waals surface area contributed by atoms with Gasteiger partial charge in [0.2, 0.25) is 5.91 Å². The van der Waals surface area contributed by atoms with Crippen LogP contribution in [0.2, 0.25) is 0 Å². The fourth-order valence-corrected chi connectivity index (χ4v) is 2.41. The summed E-state index contributed by atoms with van der Waals surface area (Å²) < 4.78 is 6.75. The van der Waals surface area contributed by atoms with Crippen LogP contribution in [0.15, 0.2) is 53.0 Å². The third kappa shape index (κ3) is 5.37. The molecular formula is C18H20BrNO3. The highest BCUT2D eigenvalue weighted by atomic mass is 79.9. The zero-order chi connectivity index (χ0) is 16.9. The van der Waals surface area contributed by atoms with E-state index in [1.54, 1.807) is 6.92 Å². The zero-order valence-electron chi connectivity index (χ0n) is 13.2. The maximum Gasteiger partial charge on any atom is 0.216 e. The Hall–Kier alpha value is -1.85. The van der Waals surface area contributed by atoms with Crippen LogP contribution in [0, 0.1) is 0 Å². The zero-order valence-corrected chi connectivity index (χ0v) is 14.8. The Balaban J connectivity index is 2.00. The van der Waals surface area contributed by atoms with Crippen molar-refractivity contribution in [2.24, 2.45) is 0 Å². The third-order valence-corrected chi connectivity index (χ3v) is 4.04. The van der Waals surface area contributed by atoms with Gasteiger partial charge in [0, 0.05) is 17.9 Å². The van der Waals surface area contributed by atoms with Crippen LogP contribution < -0.4 is 10.1 Å². The summed E-state index contributed by atoms with van der Waals surface area (Å²) >= 11 is 3.38. The van der Waals surface area contributed by atoms with Crippen LogP contribution in [-0.4, -0.2) is 17.6 Å². The number of aliphatic hydroxyl groups is 1. The molecule has 2 aromatic rings. The fraction of sp³-hybridized carbons (Fsp3) is 0.278. The normalized spacial score (nSPS) is 13.2. The molecule has 0 radical (unpaired) electrons. The number of rotatable bonds is 6. The topological polar surface area (TPSA) is 58.6 Å². The number of halogens is 1. The molecular weight excluding hydrogens is 358 g/mol. The summed E-state index contributed by atoms with van der Waals surface area (Å²) in [7, 11) is 0. The Morgan fingerprint density at radius 3 is 2.17 bits per heavy atom. The molecule has 0 aromatic heterocycles. The van der Waals surface area contributed by atoms with E-state index in [-0.39, 0.29) is 5.91 Å². The lowest BCUT2D eigenvalue weighted by molar-refractivity contribution is -0.119. The maximum absolute atomic E-state index is 10.9. The molecule has 2 rings (SSSR count). The minimum atomic E-state index is -1.00. The van der Waals surface area contributed by atoms with Crippen molar-refractivity contribution in [3.63, 3.8) is 0 Å². The van der Waals surface area contributed by atoms with Crippen LogP contribution in [0.25, 0.3) is 0 Å². The SMILES string of the molecule is CC(=O)NCCC(C)(O)c1ccc(Oc2ccc(Br)cc2)cc1. The summed E-state index contributed by atoms with van der Waals surface area (Å²) in [5.41, 5.74) is -0.218. The van der Waals surface area contributed by atoms with E-state index in [1.807, 2.05) is 48.5 Å². The van der Waals surface area contributed by atoms with E-state index in [0.717, 1.165) is 15.8 Å². The van der Waals surface area contributed by atoms with Crippen molar-refractivity contribution in [1.29, 1.82) is 0 Å². The molecule has 0 bridgehead atoms. The van der Waals surface area contributed by atoms with E-state index in [1.165, 1.54) is 6.92 Å². The Bertz CT molecular complexity index is 651. The highest BCUT2D eigenvalue weighted by Crippen LogP contribution is 2.28. The molecule has 23 heavy (non-hydrogen) atoms. The van der Waals surface area contributed by atoms with Crippen molar-refractivity contribution in [2.45, 2.75) is 25.9 Å². The van der Waals surface area contributed by atoms with Gasteiger partial charge in [0.1, 0.15) is 11.5 Å². The minimum absolute atomic E-state index is 0.0981. The second-order valence-corrected chi connectivity index (χ2v) is 6.50.